The average molecular weight is 691 g/mol. The number of fused-ring (bicyclic) bond motifs is 6. The van der Waals surface area contributed by atoms with Crippen molar-refractivity contribution in [3.8, 4) is 16.8 Å². The summed E-state index contributed by atoms with van der Waals surface area (Å²) >= 11 is 0. The quantitative estimate of drug-likeness (QED) is 0.178. The van der Waals surface area contributed by atoms with E-state index in [0.29, 0.717) is 0 Å². The highest BCUT2D eigenvalue weighted by molar-refractivity contribution is 6.12. The molecule has 3 heteroatoms. The largest absolute Gasteiger partial charge is 0.302 e. The highest BCUT2D eigenvalue weighted by Gasteiger charge is 2.47. The lowest BCUT2D eigenvalue weighted by atomic mass is 9.67. The molecular weight excluding hydrogens is 655 g/mol. The van der Waals surface area contributed by atoms with Gasteiger partial charge in [-0.05, 0) is 69.8 Å². The summed E-state index contributed by atoms with van der Waals surface area (Å²) in [4.78, 5) is 1.32. The minimum absolute atomic E-state index is 0.119. The molecule has 9 aromatic rings. The molecule has 3 nitrogen and oxygen atoms in total. The Labute approximate surface area is 315 Å². The molecule has 0 saturated carbocycles. The number of quaternary nitrogens is 1. The normalized spacial score (nSPS) is 18.1. The van der Waals surface area contributed by atoms with Gasteiger partial charge in [-0.2, -0.15) is 0 Å². The Hall–Kier alpha value is -6.70. The highest BCUT2D eigenvalue weighted by Crippen LogP contribution is 2.57. The van der Waals surface area contributed by atoms with Crippen LogP contribution in [0.2, 0.25) is 0 Å². The summed E-state index contributed by atoms with van der Waals surface area (Å²) < 4.78 is 2.39. The zero-order valence-corrected chi connectivity index (χ0v) is 29.6. The molecule has 0 spiro atoms. The molecule has 2 atom stereocenters. The Bertz CT molecular complexity index is 2700. The molecule has 2 unspecified atom stereocenters. The lowest BCUT2D eigenvalue weighted by molar-refractivity contribution is -0.962. The second-order valence-corrected chi connectivity index (χ2v) is 14.5. The standard InChI is InChI=1S/C51H35N3/c1-5-17-35(18-6-1)49-52-50(36-19-7-2-8-20-36)54(49)40-31-29-39(30-32-40)53-47-28-16-14-26-42(47)44-33-43-41-25-13-15-27-45(41)51(46(43)34-48(44)53,37-21-9-3-10-22-37)38-23-11-4-12-24-38/h1-29,31,33-34,49-50,52H/p+1. The molecule has 0 radical (unpaired) electrons. The first-order valence-electron chi connectivity index (χ1n) is 18.8. The molecule has 2 heterocycles. The number of hydrogen-bond acceptors (Lipinski definition) is 1. The van der Waals surface area contributed by atoms with Crippen molar-refractivity contribution in [2.75, 3.05) is 0 Å². The predicted octanol–water partition coefficient (Wildman–Crippen LogP) is 10.3. The van der Waals surface area contributed by atoms with E-state index >= 15 is 0 Å². The van der Waals surface area contributed by atoms with E-state index in [1.807, 2.05) is 0 Å². The van der Waals surface area contributed by atoms with Gasteiger partial charge in [0.1, 0.15) is 0 Å². The Balaban J connectivity index is 1.11. The van der Waals surface area contributed by atoms with Crippen LogP contribution in [0.1, 0.15) is 45.7 Å². The third-order valence-corrected chi connectivity index (χ3v) is 11.8. The van der Waals surface area contributed by atoms with Crippen molar-refractivity contribution in [2.45, 2.75) is 17.7 Å². The maximum Gasteiger partial charge on any atom is 0.186 e. The van der Waals surface area contributed by atoms with Crippen molar-refractivity contribution >= 4 is 27.5 Å². The van der Waals surface area contributed by atoms with E-state index in [1.54, 1.807) is 0 Å². The van der Waals surface area contributed by atoms with E-state index in [0.717, 1.165) is 16.9 Å². The van der Waals surface area contributed by atoms with Gasteiger partial charge in [0, 0.05) is 28.0 Å². The Morgan fingerprint density at radius 1 is 0.463 bits per heavy atom. The molecule has 254 valence electrons. The van der Waals surface area contributed by atoms with E-state index in [2.05, 4.69) is 216 Å². The van der Waals surface area contributed by atoms with Gasteiger partial charge in [-0.15, -0.1) is 0 Å². The summed E-state index contributed by atoms with van der Waals surface area (Å²) in [5.74, 6) is 0. The Kier molecular flexibility index (Phi) is 6.97. The minimum atomic E-state index is -0.476. The first kappa shape index (κ1) is 30.9. The first-order valence-corrected chi connectivity index (χ1v) is 18.8. The van der Waals surface area contributed by atoms with Crippen LogP contribution in [0.4, 0.5) is 5.69 Å². The molecule has 11 rings (SSSR count). The zero-order chi connectivity index (χ0) is 35.6. The van der Waals surface area contributed by atoms with Gasteiger partial charge >= 0.3 is 0 Å². The van der Waals surface area contributed by atoms with Gasteiger partial charge in [0.15, 0.2) is 18.0 Å². The SMILES string of the molecule is c1c(-n2c3ccccc3c3cc4c(cc32)C(c2ccccc2)(c2ccccc2)c2ccccc2-4)ccc([NH+]2C(c3ccccc3)NC2c2ccccc2)c#1. The molecule has 1 aliphatic carbocycles. The van der Waals surface area contributed by atoms with Crippen LogP contribution in [0.15, 0.2) is 194 Å². The van der Waals surface area contributed by atoms with Gasteiger partial charge in [0.2, 0.25) is 0 Å². The van der Waals surface area contributed by atoms with Crippen LogP contribution >= 0.6 is 0 Å². The number of para-hydroxylation sites is 1. The lowest BCUT2D eigenvalue weighted by Gasteiger charge is -2.45. The van der Waals surface area contributed by atoms with Crippen LogP contribution in [0, 0.1) is 12.1 Å². The third-order valence-electron chi connectivity index (χ3n) is 11.8. The van der Waals surface area contributed by atoms with E-state index in [9.17, 15) is 0 Å². The molecule has 54 heavy (non-hydrogen) atoms. The van der Waals surface area contributed by atoms with Gasteiger partial charge in [0.25, 0.3) is 0 Å². The van der Waals surface area contributed by atoms with Crippen molar-refractivity contribution in [2.24, 2.45) is 0 Å². The molecule has 1 aromatic heterocycles. The van der Waals surface area contributed by atoms with Gasteiger partial charge in [-0.25, -0.2) is 5.32 Å². The van der Waals surface area contributed by atoms with Crippen LogP contribution in [0.25, 0.3) is 38.6 Å². The van der Waals surface area contributed by atoms with Crippen molar-refractivity contribution in [3.05, 3.63) is 240 Å². The number of rotatable bonds is 6. The molecular formula is C51H36N3+. The summed E-state index contributed by atoms with van der Waals surface area (Å²) in [6.07, 6.45) is 0.238. The molecule has 2 N–H and O–H groups in total. The summed E-state index contributed by atoms with van der Waals surface area (Å²) in [5.41, 5.74) is 14.1. The minimum Gasteiger partial charge on any atom is -0.302 e. The average Bonchev–Trinajstić information content (AvgIpc) is 3.71. The van der Waals surface area contributed by atoms with Crippen molar-refractivity contribution in [3.63, 3.8) is 0 Å². The van der Waals surface area contributed by atoms with E-state index < -0.39 is 5.41 Å². The van der Waals surface area contributed by atoms with E-state index in [4.69, 9.17) is 0 Å². The van der Waals surface area contributed by atoms with E-state index in [-0.39, 0.29) is 12.3 Å². The monoisotopic (exact) mass is 690 g/mol. The molecule has 8 aromatic carbocycles. The summed E-state index contributed by atoms with van der Waals surface area (Å²) in [5, 5.41) is 6.31. The fraction of sp³-hybridized carbons (Fsp3) is 0.0588. The summed E-state index contributed by atoms with van der Waals surface area (Å²) in [6, 6.07) is 78.0. The summed E-state index contributed by atoms with van der Waals surface area (Å²) in [6.45, 7) is 0. The Morgan fingerprint density at radius 3 is 1.67 bits per heavy atom. The zero-order valence-electron chi connectivity index (χ0n) is 29.6. The van der Waals surface area contributed by atoms with Crippen LogP contribution in [0.3, 0.4) is 0 Å². The number of nitrogens with one attached hydrogen (secondary N) is 2. The van der Waals surface area contributed by atoms with Crippen LogP contribution in [0.5, 0.6) is 0 Å². The highest BCUT2D eigenvalue weighted by atomic mass is 15.5. The van der Waals surface area contributed by atoms with Gasteiger partial charge in [0.05, 0.1) is 22.1 Å². The number of benzene rings is 7. The van der Waals surface area contributed by atoms with Crippen LogP contribution in [-0.4, -0.2) is 4.57 Å². The van der Waals surface area contributed by atoms with Crippen molar-refractivity contribution in [1.29, 1.82) is 0 Å². The van der Waals surface area contributed by atoms with Gasteiger partial charge in [-0.3, -0.25) is 4.90 Å². The predicted molar refractivity (Wildman–Crippen MR) is 218 cm³/mol. The fourth-order valence-corrected chi connectivity index (χ4v) is 9.41. The number of nitrogens with zero attached hydrogens (tertiary/aromatic N) is 1. The van der Waals surface area contributed by atoms with Gasteiger partial charge in [-0.1, -0.05) is 164 Å². The third kappa shape index (κ3) is 4.45. The fourth-order valence-electron chi connectivity index (χ4n) is 9.41. The maximum atomic E-state index is 3.84. The van der Waals surface area contributed by atoms with Crippen LogP contribution < -0.4 is 10.2 Å². The topological polar surface area (TPSA) is 21.4 Å². The van der Waals surface area contributed by atoms with Crippen LogP contribution in [-0.2, 0) is 5.41 Å². The number of aromatic nitrogens is 1. The van der Waals surface area contributed by atoms with Crippen molar-refractivity contribution in [1.82, 2.24) is 9.88 Å². The molecule has 1 fully saturated rings. The van der Waals surface area contributed by atoms with E-state index in [1.165, 1.54) is 65.7 Å². The molecule has 1 saturated heterocycles. The first-order chi connectivity index (χ1) is 26.8. The molecule has 0 bridgehead atoms. The Morgan fingerprint density at radius 2 is 1.04 bits per heavy atom. The lowest BCUT2D eigenvalue weighted by Crippen LogP contribution is -3.19. The molecule has 1 aliphatic heterocycles. The second kappa shape index (κ2) is 12.2. The number of hydrogen-bond donors (Lipinski definition) is 2. The van der Waals surface area contributed by atoms with Crippen molar-refractivity contribution < 1.29 is 4.90 Å². The second-order valence-electron chi connectivity index (χ2n) is 14.5. The maximum absolute atomic E-state index is 3.84. The smallest absolute Gasteiger partial charge is 0.186 e. The van der Waals surface area contributed by atoms with Gasteiger partial charge < -0.3 is 4.57 Å². The molecule has 0 amide bonds. The molecule has 2 aliphatic rings. The summed E-state index contributed by atoms with van der Waals surface area (Å²) in [7, 11) is 0.